The van der Waals surface area contributed by atoms with E-state index in [4.69, 9.17) is 10.5 Å². The number of benzene rings is 1. The Labute approximate surface area is 202 Å². The number of hydrogen-bond donors (Lipinski definition) is 1. The van der Waals surface area contributed by atoms with Crippen LogP contribution in [-0.4, -0.2) is 35.5 Å². The van der Waals surface area contributed by atoms with E-state index in [1.54, 1.807) is 6.07 Å². The van der Waals surface area contributed by atoms with E-state index in [1.807, 2.05) is 18.2 Å². The molecule has 6 heteroatoms. The third-order valence-corrected chi connectivity index (χ3v) is 7.07. The molecule has 1 aliphatic heterocycles. The van der Waals surface area contributed by atoms with Crippen LogP contribution in [-0.2, 0) is 14.4 Å². The molecule has 0 unspecified atom stereocenters. The minimum absolute atomic E-state index is 0.0891. The number of ketones is 2. The van der Waals surface area contributed by atoms with Gasteiger partial charge in [0.1, 0.15) is 5.75 Å². The number of nitrogens with zero attached hydrogens (tertiary/aromatic N) is 1. The number of ether oxygens (including phenoxy) is 1. The van der Waals surface area contributed by atoms with Crippen molar-refractivity contribution in [1.82, 2.24) is 4.90 Å². The van der Waals surface area contributed by atoms with Crippen molar-refractivity contribution in [2.45, 2.75) is 72.6 Å². The smallest absolute Gasteiger partial charge is 0.255 e. The van der Waals surface area contributed by atoms with Crippen molar-refractivity contribution < 1.29 is 19.1 Å². The molecule has 0 saturated heterocycles. The molecule has 1 aromatic carbocycles. The van der Waals surface area contributed by atoms with Crippen molar-refractivity contribution in [2.75, 3.05) is 13.2 Å². The number of rotatable bonds is 6. The maximum absolute atomic E-state index is 13.7. The van der Waals surface area contributed by atoms with Gasteiger partial charge in [0.2, 0.25) is 0 Å². The van der Waals surface area contributed by atoms with Crippen molar-refractivity contribution in [3.63, 3.8) is 0 Å². The van der Waals surface area contributed by atoms with Crippen molar-refractivity contribution in [3.05, 3.63) is 52.4 Å². The first kappa shape index (κ1) is 24.2. The predicted molar refractivity (Wildman–Crippen MR) is 131 cm³/mol. The summed E-state index contributed by atoms with van der Waals surface area (Å²) in [5.74, 6) is -0.394. The Balaban J connectivity index is 1.98. The average Bonchev–Trinajstić information content (AvgIpc) is 2.72. The minimum Gasteiger partial charge on any atom is -0.483 e. The summed E-state index contributed by atoms with van der Waals surface area (Å²) in [5.41, 5.74) is 9.31. The van der Waals surface area contributed by atoms with Crippen LogP contribution < -0.4 is 10.5 Å². The highest BCUT2D eigenvalue weighted by Crippen LogP contribution is 2.55. The minimum atomic E-state index is -0.571. The highest BCUT2D eigenvalue weighted by molar-refractivity contribution is 6.07. The zero-order valence-corrected chi connectivity index (χ0v) is 21.0. The van der Waals surface area contributed by atoms with Gasteiger partial charge < -0.3 is 15.4 Å². The van der Waals surface area contributed by atoms with Gasteiger partial charge in [-0.25, -0.2) is 0 Å². The average molecular weight is 465 g/mol. The van der Waals surface area contributed by atoms with E-state index in [2.05, 4.69) is 39.5 Å². The molecule has 0 radical (unpaired) electrons. The largest absolute Gasteiger partial charge is 0.483 e. The number of primary amides is 1. The number of para-hydroxylation sites is 1. The van der Waals surface area contributed by atoms with Gasteiger partial charge in [-0.2, -0.15) is 0 Å². The van der Waals surface area contributed by atoms with Crippen molar-refractivity contribution >= 4 is 17.5 Å². The number of nitrogens with two attached hydrogens (primary N) is 1. The fourth-order valence-corrected chi connectivity index (χ4v) is 5.85. The molecule has 4 rings (SSSR count). The number of amides is 1. The molecule has 34 heavy (non-hydrogen) atoms. The molecule has 0 aromatic heterocycles. The van der Waals surface area contributed by atoms with Gasteiger partial charge in [0.25, 0.3) is 5.91 Å². The van der Waals surface area contributed by atoms with Gasteiger partial charge in [-0.15, -0.1) is 0 Å². The van der Waals surface area contributed by atoms with Crippen molar-refractivity contribution in [3.8, 4) is 5.75 Å². The summed E-state index contributed by atoms with van der Waals surface area (Å²) in [4.78, 5) is 41.2. The molecule has 0 fully saturated rings. The maximum atomic E-state index is 13.7. The van der Waals surface area contributed by atoms with Gasteiger partial charge >= 0.3 is 0 Å². The van der Waals surface area contributed by atoms with E-state index in [0.717, 1.165) is 53.9 Å². The molecule has 0 bridgehead atoms. The number of carbonyl (C=O) groups is 3. The standard InChI is InChI=1S/C28H36N2O4/c1-6-11-30-18-12-27(2,3)14-20(31)25(18)24(26-19(30)13-28(4,5)15-21(26)32)17-9-7-8-10-22(17)34-16-23(29)33/h7-10,24H,6,11-16H2,1-5H3,(H2,29,33). The fraction of sp³-hybridized carbons (Fsp3) is 0.536. The van der Waals surface area contributed by atoms with Crippen LogP contribution in [0.3, 0.4) is 0 Å². The van der Waals surface area contributed by atoms with E-state index in [-0.39, 0.29) is 29.0 Å². The van der Waals surface area contributed by atoms with Gasteiger partial charge in [-0.1, -0.05) is 52.8 Å². The van der Waals surface area contributed by atoms with Gasteiger partial charge in [-0.05, 0) is 36.2 Å². The lowest BCUT2D eigenvalue weighted by molar-refractivity contribution is -0.121. The topological polar surface area (TPSA) is 89.7 Å². The van der Waals surface area contributed by atoms with Crippen LogP contribution in [0, 0.1) is 10.8 Å². The highest BCUT2D eigenvalue weighted by Gasteiger charge is 2.49. The second-order valence-corrected chi connectivity index (χ2v) is 11.5. The molecule has 2 N–H and O–H groups in total. The first-order chi connectivity index (χ1) is 15.9. The maximum Gasteiger partial charge on any atom is 0.255 e. The first-order valence-electron chi connectivity index (χ1n) is 12.2. The Bertz CT molecular complexity index is 1060. The summed E-state index contributed by atoms with van der Waals surface area (Å²) >= 11 is 0. The van der Waals surface area contributed by atoms with Crippen LogP contribution in [0.2, 0.25) is 0 Å². The third-order valence-electron chi connectivity index (χ3n) is 7.07. The highest BCUT2D eigenvalue weighted by atomic mass is 16.5. The quantitative estimate of drug-likeness (QED) is 0.662. The van der Waals surface area contributed by atoms with Crippen LogP contribution in [0.15, 0.2) is 46.8 Å². The summed E-state index contributed by atoms with van der Waals surface area (Å²) in [5, 5.41) is 0. The zero-order chi connectivity index (χ0) is 24.8. The second kappa shape index (κ2) is 8.71. The van der Waals surface area contributed by atoms with Crippen molar-refractivity contribution in [1.29, 1.82) is 0 Å². The van der Waals surface area contributed by atoms with Crippen molar-refractivity contribution in [2.24, 2.45) is 16.6 Å². The third kappa shape index (κ3) is 4.42. The summed E-state index contributed by atoms with van der Waals surface area (Å²) in [7, 11) is 0. The molecule has 2 aliphatic carbocycles. The lowest BCUT2D eigenvalue weighted by Gasteiger charge is -2.49. The van der Waals surface area contributed by atoms with Crippen LogP contribution in [0.25, 0.3) is 0 Å². The van der Waals surface area contributed by atoms with E-state index in [1.165, 1.54) is 0 Å². The molecular formula is C28H36N2O4. The Morgan fingerprint density at radius 2 is 1.50 bits per heavy atom. The van der Waals surface area contributed by atoms with E-state index in [0.29, 0.717) is 18.6 Å². The van der Waals surface area contributed by atoms with Crippen LogP contribution in [0.5, 0.6) is 5.75 Å². The van der Waals surface area contributed by atoms with Crippen LogP contribution in [0.4, 0.5) is 0 Å². The lowest BCUT2D eigenvalue weighted by Crippen LogP contribution is -2.44. The summed E-state index contributed by atoms with van der Waals surface area (Å²) in [6, 6.07) is 7.41. The molecule has 0 saturated carbocycles. The summed E-state index contributed by atoms with van der Waals surface area (Å²) in [6.45, 7) is 11.2. The molecule has 0 spiro atoms. The van der Waals surface area contributed by atoms with Gasteiger partial charge in [0.15, 0.2) is 18.2 Å². The molecule has 1 aromatic rings. The van der Waals surface area contributed by atoms with Gasteiger partial charge in [0, 0.05) is 53.4 Å². The molecule has 182 valence electrons. The van der Waals surface area contributed by atoms with Crippen LogP contribution >= 0.6 is 0 Å². The predicted octanol–water partition coefficient (Wildman–Crippen LogP) is 4.65. The van der Waals surface area contributed by atoms with Crippen LogP contribution in [0.1, 0.15) is 78.2 Å². The summed E-state index contributed by atoms with van der Waals surface area (Å²) in [6.07, 6.45) is 3.35. The second-order valence-electron chi connectivity index (χ2n) is 11.5. The SMILES string of the molecule is CCCN1C2=C(C(=O)CC(C)(C)C2)C(c2ccccc2OCC(N)=O)C2=C1CC(C)(C)CC2=O. The molecule has 1 heterocycles. The first-order valence-corrected chi connectivity index (χ1v) is 12.2. The van der Waals surface area contributed by atoms with E-state index < -0.39 is 11.8 Å². The number of carbonyl (C=O) groups excluding carboxylic acids is 3. The Morgan fingerprint density at radius 3 is 2.00 bits per heavy atom. The Morgan fingerprint density at radius 1 is 0.971 bits per heavy atom. The lowest BCUT2D eigenvalue weighted by atomic mass is 9.63. The number of allylic oxidation sites excluding steroid dienone is 4. The molecule has 1 amide bonds. The normalized spacial score (nSPS) is 22.0. The van der Waals surface area contributed by atoms with Gasteiger partial charge in [-0.3, -0.25) is 14.4 Å². The molecule has 6 nitrogen and oxygen atoms in total. The fourth-order valence-electron chi connectivity index (χ4n) is 5.85. The van der Waals surface area contributed by atoms with E-state index >= 15 is 0 Å². The Hall–Kier alpha value is -2.89. The van der Waals surface area contributed by atoms with E-state index in [9.17, 15) is 14.4 Å². The molecule has 0 atom stereocenters. The molecule has 3 aliphatic rings. The summed E-state index contributed by atoms with van der Waals surface area (Å²) < 4.78 is 5.78. The zero-order valence-electron chi connectivity index (χ0n) is 21.0. The number of Topliss-reactive ketones (excluding diaryl/α,β-unsaturated/α-hetero) is 2. The number of hydrogen-bond acceptors (Lipinski definition) is 5. The molecular weight excluding hydrogens is 428 g/mol. The van der Waals surface area contributed by atoms with Gasteiger partial charge in [0.05, 0.1) is 0 Å². The Kier molecular flexibility index (Phi) is 6.21. The monoisotopic (exact) mass is 464 g/mol.